The predicted octanol–water partition coefficient (Wildman–Crippen LogP) is 2.15. The van der Waals surface area contributed by atoms with Gasteiger partial charge >= 0.3 is 6.18 Å². The van der Waals surface area contributed by atoms with Crippen LogP contribution < -0.4 is 5.73 Å². The largest absolute Gasteiger partial charge is 0.416 e. The fraction of sp³-hybridized carbons (Fsp3) is 0.0909. The molecule has 3 nitrogen and oxygen atoms in total. The Morgan fingerprint density at radius 2 is 2.06 bits per heavy atom. The lowest BCUT2D eigenvalue weighted by molar-refractivity contribution is -0.137. The second kappa shape index (κ2) is 3.73. The Labute approximate surface area is 94.1 Å². The molecule has 0 atom stereocenters. The van der Waals surface area contributed by atoms with Gasteiger partial charge in [0.2, 0.25) is 0 Å². The highest BCUT2D eigenvalue weighted by Gasteiger charge is 2.30. The van der Waals surface area contributed by atoms with Crippen LogP contribution in [0.25, 0.3) is 10.9 Å². The fourth-order valence-corrected chi connectivity index (χ4v) is 1.36. The second-order valence-corrected chi connectivity index (χ2v) is 3.38. The molecule has 0 spiro atoms. The first-order chi connectivity index (χ1) is 7.88. The number of carbonyl (C=O) groups is 1. The minimum Gasteiger partial charge on any atom is -0.364 e. The first kappa shape index (κ1) is 11.4. The first-order valence-corrected chi connectivity index (χ1v) is 4.57. The molecule has 1 aromatic heterocycles. The SMILES string of the molecule is NC(=O)c1c[c]c2cc(C(F)(F)F)ccc2n1. The topological polar surface area (TPSA) is 56.0 Å². The molecular formula is C11H6F3N2O. The molecule has 0 bridgehead atoms. The molecule has 0 saturated carbocycles. The first-order valence-electron chi connectivity index (χ1n) is 4.57. The third kappa shape index (κ3) is 2.20. The van der Waals surface area contributed by atoms with E-state index >= 15 is 0 Å². The van der Waals surface area contributed by atoms with Crippen molar-refractivity contribution in [1.82, 2.24) is 4.98 Å². The predicted molar refractivity (Wildman–Crippen MR) is 54.1 cm³/mol. The molecule has 0 fully saturated rings. The van der Waals surface area contributed by atoms with Crippen LogP contribution in [0.15, 0.2) is 24.3 Å². The molecule has 0 saturated heterocycles. The quantitative estimate of drug-likeness (QED) is 0.828. The van der Waals surface area contributed by atoms with Gasteiger partial charge in [0, 0.05) is 5.39 Å². The van der Waals surface area contributed by atoms with Crippen LogP contribution in [0.3, 0.4) is 0 Å². The zero-order valence-corrected chi connectivity index (χ0v) is 8.38. The van der Waals surface area contributed by atoms with Crippen LogP contribution in [0.2, 0.25) is 0 Å². The van der Waals surface area contributed by atoms with E-state index in [1.807, 2.05) is 0 Å². The number of pyridine rings is 1. The molecule has 1 amide bonds. The highest BCUT2D eigenvalue weighted by molar-refractivity contribution is 5.93. The Bertz CT molecular complexity index is 593. The highest BCUT2D eigenvalue weighted by Crippen LogP contribution is 2.30. The maximum atomic E-state index is 12.4. The van der Waals surface area contributed by atoms with Crippen LogP contribution in [0, 0.1) is 6.07 Å². The van der Waals surface area contributed by atoms with Crippen LogP contribution in [-0.2, 0) is 6.18 Å². The molecule has 0 unspecified atom stereocenters. The number of primary amides is 1. The summed E-state index contributed by atoms with van der Waals surface area (Å²) in [5.41, 5.74) is 4.43. The summed E-state index contributed by atoms with van der Waals surface area (Å²) in [4.78, 5) is 14.7. The van der Waals surface area contributed by atoms with Crippen LogP contribution in [0.4, 0.5) is 13.2 Å². The van der Waals surface area contributed by atoms with Gasteiger partial charge in [-0.2, -0.15) is 13.2 Å². The van der Waals surface area contributed by atoms with Gasteiger partial charge in [-0.05, 0) is 30.3 Å². The van der Waals surface area contributed by atoms with Gasteiger partial charge in [-0.15, -0.1) is 0 Å². The van der Waals surface area contributed by atoms with E-state index in [1.54, 1.807) is 0 Å². The Morgan fingerprint density at radius 1 is 1.35 bits per heavy atom. The normalized spacial score (nSPS) is 11.7. The molecule has 17 heavy (non-hydrogen) atoms. The number of halogens is 3. The average molecular weight is 239 g/mol. The molecule has 2 aromatic rings. The van der Waals surface area contributed by atoms with Gasteiger partial charge in [0.25, 0.3) is 5.91 Å². The van der Waals surface area contributed by atoms with E-state index in [2.05, 4.69) is 11.1 Å². The zero-order valence-electron chi connectivity index (χ0n) is 8.38. The summed E-state index contributed by atoms with van der Waals surface area (Å²) in [6.45, 7) is 0. The molecule has 87 valence electrons. The number of aromatic nitrogens is 1. The number of alkyl halides is 3. The summed E-state index contributed by atoms with van der Waals surface area (Å²) in [6, 6.07) is 6.72. The third-order valence-electron chi connectivity index (χ3n) is 2.18. The molecule has 1 heterocycles. The van der Waals surface area contributed by atoms with Crippen molar-refractivity contribution in [1.29, 1.82) is 0 Å². The highest BCUT2D eigenvalue weighted by atomic mass is 19.4. The van der Waals surface area contributed by atoms with E-state index in [4.69, 9.17) is 5.73 Å². The Balaban J connectivity index is 2.58. The fourth-order valence-electron chi connectivity index (χ4n) is 1.36. The molecule has 1 radical (unpaired) electrons. The summed E-state index contributed by atoms with van der Waals surface area (Å²) in [5.74, 6) is -0.747. The number of benzene rings is 1. The Kier molecular flexibility index (Phi) is 2.49. The number of carbonyl (C=O) groups excluding carboxylic acids is 1. The van der Waals surface area contributed by atoms with Crippen molar-refractivity contribution in [2.24, 2.45) is 5.73 Å². The van der Waals surface area contributed by atoms with Crippen LogP contribution in [0.5, 0.6) is 0 Å². The van der Waals surface area contributed by atoms with Crippen molar-refractivity contribution >= 4 is 16.8 Å². The van der Waals surface area contributed by atoms with Gasteiger partial charge in [-0.25, -0.2) is 4.98 Å². The molecule has 2 rings (SSSR count). The number of nitrogens with two attached hydrogens (primary N) is 1. The standard InChI is InChI=1S/C11H6F3N2O/c12-11(13,14)7-2-4-8-6(5-7)1-3-9(16-8)10(15)17/h2-5H,(H2,15,17). The summed E-state index contributed by atoms with van der Waals surface area (Å²) in [5, 5.41) is 0.185. The smallest absolute Gasteiger partial charge is 0.364 e. The second-order valence-electron chi connectivity index (χ2n) is 3.38. The zero-order chi connectivity index (χ0) is 12.6. The van der Waals surface area contributed by atoms with Crippen LogP contribution in [-0.4, -0.2) is 10.9 Å². The van der Waals surface area contributed by atoms with Crippen molar-refractivity contribution in [3.05, 3.63) is 41.6 Å². The molecule has 6 heteroatoms. The lowest BCUT2D eigenvalue weighted by Crippen LogP contribution is -2.13. The molecule has 0 aliphatic carbocycles. The van der Waals surface area contributed by atoms with Gasteiger partial charge in [-0.3, -0.25) is 4.79 Å². The number of rotatable bonds is 1. The molecule has 1 aromatic carbocycles. The van der Waals surface area contributed by atoms with Crippen LogP contribution >= 0.6 is 0 Å². The van der Waals surface area contributed by atoms with Gasteiger partial charge in [0.15, 0.2) is 0 Å². The number of nitrogens with zero attached hydrogens (tertiary/aromatic N) is 1. The van der Waals surface area contributed by atoms with Crippen molar-refractivity contribution in [3.63, 3.8) is 0 Å². The monoisotopic (exact) mass is 239 g/mol. The minimum atomic E-state index is -4.41. The van der Waals surface area contributed by atoms with E-state index in [-0.39, 0.29) is 16.6 Å². The van der Waals surface area contributed by atoms with Crippen molar-refractivity contribution < 1.29 is 18.0 Å². The van der Waals surface area contributed by atoms with E-state index in [1.165, 1.54) is 12.1 Å². The number of fused-ring (bicyclic) bond motifs is 1. The van der Waals surface area contributed by atoms with E-state index < -0.39 is 17.6 Å². The summed E-state index contributed by atoms with van der Waals surface area (Å²) < 4.78 is 37.2. The third-order valence-corrected chi connectivity index (χ3v) is 2.18. The lowest BCUT2D eigenvalue weighted by atomic mass is 10.1. The van der Waals surface area contributed by atoms with Gasteiger partial charge in [0.1, 0.15) is 5.69 Å². The number of amides is 1. The Morgan fingerprint density at radius 3 is 2.65 bits per heavy atom. The van der Waals surface area contributed by atoms with Crippen molar-refractivity contribution in [2.45, 2.75) is 6.18 Å². The van der Waals surface area contributed by atoms with E-state index in [0.717, 1.165) is 12.1 Å². The summed E-state index contributed by atoms with van der Waals surface area (Å²) in [7, 11) is 0. The minimum absolute atomic E-state index is 0.0303. The van der Waals surface area contributed by atoms with Crippen LogP contribution in [0.1, 0.15) is 16.1 Å². The van der Waals surface area contributed by atoms with Crippen molar-refractivity contribution in [2.75, 3.05) is 0 Å². The van der Waals surface area contributed by atoms with Crippen molar-refractivity contribution in [3.8, 4) is 0 Å². The van der Waals surface area contributed by atoms with Gasteiger partial charge in [0.05, 0.1) is 11.1 Å². The summed E-state index contributed by atoms with van der Waals surface area (Å²) in [6.07, 6.45) is -4.41. The maximum absolute atomic E-state index is 12.4. The average Bonchev–Trinajstić information content (AvgIpc) is 2.26. The van der Waals surface area contributed by atoms with E-state index in [0.29, 0.717) is 0 Å². The summed E-state index contributed by atoms with van der Waals surface area (Å²) >= 11 is 0. The molecule has 2 N–H and O–H groups in total. The number of hydrogen-bond acceptors (Lipinski definition) is 2. The maximum Gasteiger partial charge on any atom is 0.416 e. The molecule has 0 aliphatic heterocycles. The lowest BCUT2D eigenvalue weighted by Gasteiger charge is -2.07. The van der Waals surface area contributed by atoms with E-state index in [9.17, 15) is 18.0 Å². The van der Waals surface area contributed by atoms with Gasteiger partial charge in [-0.1, -0.05) is 0 Å². The molecular weight excluding hydrogens is 233 g/mol. The molecule has 0 aliphatic rings. The number of hydrogen-bond donors (Lipinski definition) is 1. The Hall–Kier alpha value is -2.11. The van der Waals surface area contributed by atoms with Gasteiger partial charge < -0.3 is 5.73 Å².